The second-order valence-electron chi connectivity index (χ2n) is 6.16. The molecular weight excluding hydrogens is 264 g/mol. The lowest BCUT2D eigenvalue weighted by atomic mass is 10.2. The highest BCUT2D eigenvalue weighted by Gasteiger charge is 2.26. The van der Waals surface area contributed by atoms with E-state index >= 15 is 0 Å². The third-order valence-corrected chi connectivity index (χ3v) is 4.52. The molecule has 0 amide bonds. The first-order valence-corrected chi connectivity index (χ1v) is 8.02. The van der Waals surface area contributed by atoms with Crippen molar-refractivity contribution >= 4 is 5.82 Å². The van der Waals surface area contributed by atoms with Gasteiger partial charge in [0, 0.05) is 45.5 Å². The van der Waals surface area contributed by atoms with Crippen LogP contribution in [0.4, 0.5) is 5.82 Å². The van der Waals surface area contributed by atoms with Gasteiger partial charge in [-0.1, -0.05) is 6.07 Å². The number of anilines is 1. The van der Waals surface area contributed by atoms with E-state index in [1.165, 1.54) is 12.8 Å². The zero-order chi connectivity index (χ0) is 14.7. The van der Waals surface area contributed by atoms with E-state index < -0.39 is 0 Å². The van der Waals surface area contributed by atoms with Crippen molar-refractivity contribution in [2.45, 2.75) is 38.5 Å². The summed E-state index contributed by atoms with van der Waals surface area (Å²) < 4.78 is 5.92. The van der Waals surface area contributed by atoms with Crippen LogP contribution < -0.4 is 10.6 Å². The van der Waals surface area contributed by atoms with Gasteiger partial charge in [0.05, 0.1) is 12.2 Å². The van der Waals surface area contributed by atoms with Gasteiger partial charge >= 0.3 is 0 Å². The number of piperazine rings is 1. The molecule has 3 heterocycles. The minimum Gasteiger partial charge on any atom is -0.374 e. The molecule has 116 valence electrons. The van der Waals surface area contributed by atoms with Gasteiger partial charge in [-0.05, 0) is 31.4 Å². The van der Waals surface area contributed by atoms with Crippen molar-refractivity contribution < 1.29 is 4.74 Å². The Kier molecular flexibility index (Phi) is 4.73. The fourth-order valence-corrected chi connectivity index (χ4v) is 3.19. The Bertz CT molecular complexity index is 442. The first-order valence-electron chi connectivity index (χ1n) is 8.02. The summed E-state index contributed by atoms with van der Waals surface area (Å²) in [5.74, 6) is 1.07. The number of rotatable bonds is 4. The van der Waals surface area contributed by atoms with E-state index in [1.54, 1.807) is 0 Å². The average molecular weight is 290 g/mol. The van der Waals surface area contributed by atoms with Crippen LogP contribution in [0, 0.1) is 0 Å². The molecule has 0 aliphatic carbocycles. The van der Waals surface area contributed by atoms with Crippen molar-refractivity contribution in [3.8, 4) is 0 Å². The molecule has 2 unspecified atom stereocenters. The highest BCUT2D eigenvalue weighted by atomic mass is 16.5. The van der Waals surface area contributed by atoms with Crippen LogP contribution in [0.5, 0.6) is 0 Å². The Hall–Kier alpha value is -1.17. The maximum atomic E-state index is 5.92. The van der Waals surface area contributed by atoms with Crippen LogP contribution in [0.1, 0.15) is 25.3 Å². The summed E-state index contributed by atoms with van der Waals surface area (Å²) >= 11 is 0. The standard InChI is InChI=1S/C16H26N4O/c1-13-2-4-15(21-13)12-19-6-8-20(9-7-19)16-5-3-14(10-17)11-18-16/h3,5,11,13,15H,2,4,6-10,12,17H2,1H3. The van der Waals surface area contributed by atoms with E-state index in [9.17, 15) is 0 Å². The number of hydrogen-bond acceptors (Lipinski definition) is 5. The van der Waals surface area contributed by atoms with Crippen molar-refractivity contribution in [2.24, 2.45) is 5.73 Å². The molecule has 0 radical (unpaired) electrons. The van der Waals surface area contributed by atoms with E-state index in [1.807, 2.05) is 6.20 Å². The van der Waals surface area contributed by atoms with E-state index in [-0.39, 0.29) is 0 Å². The number of hydrogen-bond donors (Lipinski definition) is 1. The Morgan fingerprint density at radius 3 is 2.62 bits per heavy atom. The number of pyridine rings is 1. The second-order valence-corrected chi connectivity index (χ2v) is 6.16. The lowest BCUT2D eigenvalue weighted by molar-refractivity contribution is 0.0303. The molecule has 0 aromatic carbocycles. The lowest BCUT2D eigenvalue weighted by Crippen LogP contribution is -2.48. The van der Waals surface area contributed by atoms with Crippen LogP contribution in [0.15, 0.2) is 18.3 Å². The van der Waals surface area contributed by atoms with E-state index in [2.05, 4.69) is 33.8 Å². The number of ether oxygens (including phenoxy) is 1. The maximum Gasteiger partial charge on any atom is 0.128 e. The van der Waals surface area contributed by atoms with Gasteiger partial charge < -0.3 is 15.4 Å². The zero-order valence-electron chi connectivity index (χ0n) is 12.9. The minimum absolute atomic E-state index is 0.438. The molecule has 1 aromatic heterocycles. The molecule has 0 bridgehead atoms. The Morgan fingerprint density at radius 2 is 2.05 bits per heavy atom. The molecule has 5 nitrogen and oxygen atoms in total. The maximum absolute atomic E-state index is 5.92. The predicted octanol–water partition coefficient (Wildman–Crippen LogP) is 1.23. The summed E-state index contributed by atoms with van der Waals surface area (Å²) in [4.78, 5) is 9.39. The molecule has 2 aliphatic rings. The molecule has 2 atom stereocenters. The Labute approximate surface area is 127 Å². The molecule has 2 fully saturated rings. The van der Waals surface area contributed by atoms with Gasteiger partial charge in [0.1, 0.15) is 5.82 Å². The van der Waals surface area contributed by atoms with Crippen molar-refractivity contribution in [3.63, 3.8) is 0 Å². The van der Waals surface area contributed by atoms with Crippen molar-refractivity contribution in [3.05, 3.63) is 23.9 Å². The molecule has 0 saturated carbocycles. The van der Waals surface area contributed by atoms with Gasteiger partial charge in [-0.15, -0.1) is 0 Å². The highest BCUT2D eigenvalue weighted by Crippen LogP contribution is 2.21. The smallest absolute Gasteiger partial charge is 0.128 e. The first kappa shape index (κ1) is 14.8. The van der Waals surface area contributed by atoms with Crippen LogP contribution in [0.25, 0.3) is 0 Å². The van der Waals surface area contributed by atoms with Gasteiger partial charge in [0.2, 0.25) is 0 Å². The third-order valence-electron chi connectivity index (χ3n) is 4.52. The van der Waals surface area contributed by atoms with Crippen molar-refractivity contribution in [1.29, 1.82) is 0 Å². The molecular formula is C16H26N4O. The summed E-state index contributed by atoms with van der Waals surface area (Å²) in [7, 11) is 0. The topological polar surface area (TPSA) is 54.6 Å². The van der Waals surface area contributed by atoms with E-state index in [4.69, 9.17) is 10.5 Å². The summed E-state index contributed by atoms with van der Waals surface area (Å²) in [5.41, 5.74) is 6.70. The largest absolute Gasteiger partial charge is 0.374 e. The summed E-state index contributed by atoms with van der Waals surface area (Å²) in [6, 6.07) is 4.15. The molecule has 2 N–H and O–H groups in total. The molecule has 2 saturated heterocycles. The average Bonchev–Trinajstić information content (AvgIpc) is 2.93. The Balaban J connectivity index is 1.48. The van der Waals surface area contributed by atoms with Crippen molar-refractivity contribution in [1.82, 2.24) is 9.88 Å². The Morgan fingerprint density at radius 1 is 1.24 bits per heavy atom. The molecule has 2 aliphatic heterocycles. The SMILES string of the molecule is CC1CCC(CN2CCN(c3ccc(CN)cn3)CC2)O1. The van der Waals surface area contributed by atoms with Gasteiger partial charge in [0.25, 0.3) is 0 Å². The van der Waals surface area contributed by atoms with Crippen LogP contribution in [0.3, 0.4) is 0 Å². The van der Waals surface area contributed by atoms with Crippen molar-refractivity contribution in [2.75, 3.05) is 37.6 Å². The summed E-state index contributed by atoms with van der Waals surface area (Å²) in [5, 5.41) is 0. The zero-order valence-corrected chi connectivity index (χ0v) is 12.9. The fraction of sp³-hybridized carbons (Fsp3) is 0.688. The van der Waals surface area contributed by atoms with Gasteiger partial charge in [-0.2, -0.15) is 0 Å². The number of nitrogens with two attached hydrogens (primary N) is 1. The van der Waals surface area contributed by atoms with E-state index in [0.29, 0.717) is 18.8 Å². The monoisotopic (exact) mass is 290 g/mol. The molecule has 3 rings (SSSR count). The minimum atomic E-state index is 0.438. The van der Waals surface area contributed by atoms with Crippen LogP contribution in [-0.2, 0) is 11.3 Å². The normalized spacial score (nSPS) is 27.2. The summed E-state index contributed by atoms with van der Waals surface area (Å²) in [6.45, 7) is 8.07. The third kappa shape index (κ3) is 3.73. The molecule has 0 spiro atoms. The number of aromatic nitrogens is 1. The van der Waals surface area contributed by atoms with E-state index in [0.717, 1.165) is 44.1 Å². The van der Waals surface area contributed by atoms with Crippen LogP contribution in [-0.4, -0.2) is 54.8 Å². The van der Waals surface area contributed by atoms with Gasteiger partial charge in [0.15, 0.2) is 0 Å². The van der Waals surface area contributed by atoms with Crippen LogP contribution in [0.2, 0.25) is 0 Å². The molecule has 1 aromatic rings. The highest BCUT2D eigenvalue weighted by molar-refractivity contribution is 5.39. The van der Waals surface area contributed by atoms with Gasteiger partial charge in [-0.3, -0.25) is 4.90 Å². The molecule has 21 heavy (non-hydrogen) atoms. The summed E-state index contributed by atoms with van der Waals surface area (Å²) in [6.07, 6.45) is 5.19. The first-order chi connectivity index (χ1) is 10.2. The fourth-order valence-electron chi connectivity index (χ4n) is 3.19. The quantitative estimate of drug-likeness (QED) is 0.904. The molecule has 5 heteroatoms. The predicted molar refractivity (Wildman–Crippen MR) is 84.4 cm³/mol. The van der Waals surface area contributed by atoms with Crippen LogP contribution >= 0.6 is 0 Å². The number of nitrogens with zero attached hydrogens (tertiary/aromatic N) is 3. The second kappa shape index (κ2) is 6.73. The van der Waals surface area contributed by atoms with Gasteiger partial charge in [-0.25, -0.2) is 4.98 Å². The lowest BCUT2D eigenvalue weighted by Gasteiger charge is -2.36.